The number of aryl methyl sites for hydroxylation is 2. The van der Waals surface area contributed by atoms with Crippen molar-refractivity contribution < 1.29 is 9.13 Å². The van der Waals surface area contributed by atoms with Crippen LogP contribution in [0, 0.1) is 12.7 Å². The topological polar surface area (TPSA) is 14.2 Å². The van der Waals surface area contributed by atoms with Crippen molar-refractivity contribution in [1.82, 2.24) is 4.57 Å². The summed E-state index contributed by atoms with van der Waals surface area (Å²) in [4.78, 5) is 0. The Morgan fingerprint density at radius 2 is 1.86 bits per heavy atom. The SMILES string of the molecule is CCn1cc(COc2ccc(F)cc2)c2c(C)cccc21. The second kappa shape index (κ2) is 5.60. The Morgan fingerprint density at radius 1 is 1.10 bits per heavy atom. The molecule has 2 nitrogen and oxygen atoms in total. The Balaban J connectivity index is 1.91. The van der Waals surface area contributed by atoms with E-state index in [1.807, 2.05) is 0 Å². The van der Waals surface area contributed by atoms with Crippen molar-refractivity contribution in [2.75, 3.05) is 0 Å². The highest BCUT2D eigenvalue weighted by Gasteiger charge is 2.10. The minimum Gasteiger partial charge on any atom is -0.489 e. The summed E-state index contributed by atoms with van der Waals surface area (Å²) in [6.07, 6.45) is 2.14. The third-order valence-electron chi connectivity index (χ3n) is 3.74. The number of benzene rings is 2. The van der Waals surface area contributed by atoms with Gasteiger partial charge in [0.1, 0.15) is 18.2 Å². The van der Waals surface area contributed by atoms with Crippen LogP contribution in [0.3, 0.4) is 0 Å². The fourth-order valence-corrected chi connectivity index (χ4v) is 2.69. The number of hydrogen-bond donors (Lipinski definition) is 0. The first-order valence-electron chi connectivity index (χ1n) is 7.14. The van der Waals surface area contributed by atoms with Gasteiger partial charge in [-0.15, -0.1) is 0 Å². The molecule has 0 amide bonds. The predicted octanol–water partition coefficient (Wildman–Crippen LogP) is 4.69. The molecule has 0 spiro atoms. The van der Waals surface area contributed by atoms with Crippen molar-refractivity contribution in [1.29, 1.82) is 0 Å². The summed E-state index contributed by atoms with van der Waals surface area (Å²) in [7, 11) is 0. The third-order valence-corrected chi connectivity index (χ3v) is 3.74. The smallest absolute Gasteiger partial charge is 0.123 e. The highest BCUT2D eigenvalue weighted by atomic mass is 19.1. The fourth-order valence-electron chi connectivity index (χ4n) is 2.69. The average molecular weight is 283 g/mol. The lowest BCUT2D eigenvalue weighted by Crippen LogP contribution is -1.95. The van der Waals surface area contributed by atoms with E-state index in [2.05, 4.69) is 42.8 Å². The van der Waals surface area contributed by atoms with Crippen LogP contribution in [-0.4, -0.2) is 4.57 Å². The molecule has 1 heterocycles. The van der Waals surface area contributed by atoms with Gasteiger partial charge in [0.2, 0.25) is 0 Å². The molecule has 0 aliphatic carbocycles. The summed E-state index contributed by atoms with van der Waals surface area (Å²) in [6.45, 7) is 5.66. The van der Waals surface area contributed by atoms with Crippen LogP contribution >= 0.6 is 0 Å². The number of hydrogen-bond acceptors (Lipinski definition) is 1. The van der Waals surface area contributed by atoms with E-state index in [0.717, 1.165) is 12.1 Å². The highest BCUT2D eigenvalue weighted by molar-refractivity contribution is 5.87. The van der Waals surface area contributed by atoms with E-state index in [4.69, 9.17) is 4.74 Å². The van der Waals surface area contributed by atoms with Crippen molar-refractivity contribution in [3.63, 3.8) is 0 Å². The predicted molar refractivity (Wildman–Crippen MR) is 83.1 cm³/mol. The molecule has 21 heavy (non-hydrogen) atoms. The van der Waals surface area contributed by atoms with Gasteiger partial charge < -0.3 is 9.30 Å². The molecule has 0 N–H and O–H groups in total. The first kappa shape index (κ1) is 13.7. The third kappa shape index (κ3) is 2.64. The molecule has 0 saturated carbocycles. The van der Waals surface area contributed by atoms with Gasteiger partial charge in [-0.2, -0.15) is 0 Å². The number of ether oxygens (including phenoxy) is 1. The van der Waals surface area contributed by atoms with Crippen LogP contribution in [0.4, 0.5) is 4.39 Å². The van der Waals surface area contributed by atoms with E-state index in [9.17, 15) is 4.39 Å². The van der Waals surface area contributed by atoms with Crippen molar-refractivity contribution in [3.05, 3.63) is 65.6 Å². The van der Waals surface area contributed by atoms with Crippen LogP contribution < -0.4 is 4.74 Å². The molecule has 0 unspecified atom stereocenters. The van der Waals surface area contributed by atoms with Crippen LogP contribution in [-0.2, 0) is 13.2 Å². The fraction of sp³-hybridized carbons (Fsp3) is 0.222. The molecule has 0 radical (unpaired) electrons. The molecule has 0 aliphatic heterocycles. The van der Waals surface area contributed by atoms with Gasteiger partial charge >= 0.3 is 0 Å². The van der Waals surface area contributed by atoms with Gasteiger partial charge in [0.15, 0.2) is 0 Å². The Bertz CT molecular complexity index is 759. The van der Waals surface area contributed by atoms with Gasteiger partial charge in [0.05, 0.1) is 0 Å². The Hall–Kier alpha value is -2.29. The Kier molecular flexibility index (Phi) is 3.65. The summed E-state index contributed by atoms with van der Waals surface area (Å²) in [5.74, 6) is 0.433. The van der Waals surface area contributed by atoms with E-state index in [0.29, 0.717) is 12.4 Å². The minimum absolute atomic E-state index is 0.249. The maximum absolute atomic E-state index is 12.9. The summed E-state index contributed by atoms with van der Waals surface area (Å²) >= 11 is 0. The van der Waals surface area contributed by atoms with Gasteiger partial charge in [-0.1, -0.05) is 12.1 Å². The van der Waals surface area contributed by atoms with Crippen LogP contribution in [0.5, 0.6) is 5.75 Å². The van der Waals surface area contributed by atoms with E-state index in [-0.39, 0.29) is 5.82 Å². The lowest BCUT2D eigenvalue weighted by Gasteiger charge is -2.06. The van der Waals surface area contributed by atoms with E-state index >= 15 is 0 Å². The lowest BCUT2D eigenvalue weighted by molar-refractivity contribution is 0.307. The molecular formula is C18H18FNO. The molecule has 2 aromatic carbocycles. The molecule has 3 aromatic rings. The van der Waals surface area contributed by atoms with Crippen LogP contribution in [0.2, 0.25) is 0 Å². The normalized spacial score (nSPS) is 11.0. The Morgan fingerprint density at radius 3 is 2.57 bits per heavy atom. The van der Waals surface area contributed by atoms with Crippen LogP contribution in [0.1, 0.15) is 18.1 Å². The second-order valence-corrected chi connectivity index (χ2v) is 5.15. The molecule has 108 valence electrons. The van der Waals surface area contributed by atoms with Crippen molar-refractivity contribution in [2.45, 2.75) is 27.0 Å². The van der Waals surface area contributed by atoms with Gasteiger partial charge in [0, 0.05) is 29.2 Å². The first-order valence-corrected chi connectivity index (χ1v) is 7.14. The number of halogens is 1. The standard InChI is InChI=1S/C18H18FNO/c1-3-20-11-14(18-13(2)5-4-6-17(18)20)12-21-16-9-7-15(19)8-10-16/h4-11H,3,12H2,1-2H3. The van der Waals surface area contributed by atoms with Crippen molar-refractivity contribution in [3.8, 4) is 5.75 Å². The molecule has 0 aliphatic rings. The van der Waals surface area contributed by atoms with E-state index in [1.165, 1.54) is 28.6 Å². The zero-order valence-electron chi connectivity index (χ0n) is 12.3. The van der Waals surface area contributed by atoms with Crippen LogP contribution in [0.15, 0.2) is 48.7 Å². The zero-order chi connectivity index (χ0) is 14.8. The van der Waals surface area contributed by atoms with E-state index in [1.54, 1.807) is 12.1 Å². The van der Waals surface area contributed by atoms with Gasteiger partial charge in [-0.3, -0.25) is 0 Å². The summed E-state index contributed by atoms with van der Waals surface area (Å²) in [5, 5.41) is 1.25. The molecule has 0 bridgehead atoms. The van der Waals surface area contributed by atoms with Crippen LogP contribution in [0.25, 0.3) is 10.9 Å². The maximum atomic E-state index is 12.9. The van der Waals surface area contributed by atoms with Crippen molar-refractivity contribution >= 4 is 10.9 Å². The van der Waals surface area contributed by atoms with Crippen molar-refractivity contribution in [2.24, 2.45) is 0 Å². The molecule has 3 heteroatoms. The Labute approximate surface area is 123 Å². The minimum atomic E-state index is -0.249. The van der Waals surface area contributed by atoms with Gasteiger partial charge in [0.25, 0.3) is 0 Å². The average Bonchev–Trinajstić information content (AvgIpc) is 2.86. The second-order valence-electron chi connectivity index (χ2n) is 5.15. The van der Waals surface area contributed by atoms with Gasteiger partial charge in [-0.05, 0) is 49.7 Å². The monoisotopic (exact) mass is 283 g/mol. The molecule has 1 aromatic heterocycles. The summed E-state index contributed by atoms with van der Waals surface area (Å²) < 4.78 is 20.9. The first-order chi connectivity index (χ1) is 10.2. The highest BCUT2D eigenvalue weighted by Crippen LogP contribution is 2.26. The molecule has 3 rings (SSSR count). The summed E-state index contributed by atoms with van der Waals surface area (Å²) in [5.41, 5.74) is 3.64. The molecule has 0 atom stereocenters. The molecule has 0 fully saturated rings. The zero-order valence-corrected chi connectivity index (χ0v) is 12.3. The number of nitrogens with zero attached hydrogens (tertiary/aromatic N) is 1. The number of aromatic nitrogens is 1. The number of rotatable bonds is 4. The lowest BCUT2D eigenvalue weighted by atomic mass is 10.1. The quantitative estimate of drug-likeness (QED) is 0.677. The molecular weight excluding hydrogens is 265 g/mol. The number of fused-ring (bicyclic) bond motifs is 1. The van der Waals surface area contributed by atoms with Gasteiger partial charge in [-0.25, -0.2) is 4.39 Å². The summed E-state index contributed by atoms with van der Waals surface area (Å²) in [6, 6.07) is 12.5. The molecule has 0 saturated heterocycles. The largest absolute Gasteiger partial charge is 0.489 e. The maximum Gasteiger partial charge on any atom is 0.123 e. The van der Waals surface area contributed by atoms with E-state index < -0.39 is 0 Å².